The maximum Gasteiger partial charge on any atom is 0.247 e. The fraction of sp³-hybridized carbons (Fsp3) is 0.414. The van der Waals surface area contributed by atoms with Gasteiger partial charge in [0.05, 0.1) is 6.42 Å². The van der Waals surface area contributed by atoms with Crippen molar-refractivity contribution in [1.29, 1.82) is 0 Å². The second-order valence-corrected chi connectivity index (χ2v) is 20.7. The van der Waals surface area contributed by atoms with Crippen LogP contribution in [0.2, 0.25) is 0 Å². The van der Waals surface area contributed by atoms with Gasteiger partial charge in [-0.15, -0.1) is 0 Å². The quantitative estimate of drug-likeness (QED) is 0.0400. The molecule has 1 spiro atoms. The van der Waals surface area contributed by atoms with Crippen LogP contribution in [0.15, 0.2) is 102 Å². The predicted octanol–water partition coefficient (Wildman–Crippen LogP) is 1.11. The van der Waals surface area contributed by atoms with Crippen LogP contribution in [0, 0.1) is 0 Å². The lowest BCUT2D eigenvalue weighted by Crippen LogP contribution is -2.66. The summed E-state index contributed by atoms with van der Waals surface area (Å²) in [4.78, 5) is 135. The number of fused-ring (bicyclic) bond motifs is 3. The Hall–Kier alpha value is -8.82. The van der Waals surface area contributed by atoms with E-state index >= 15 is 9.59 Å². The van der Waals surface area contributed by atoms with Gasteiger partial charge in [0.15, 0.2) is 5.96 Å². The fourth-order valence-corrected chi connectivity index (χ4v) is 10.3. The van der Waals surface area contributed by atoms with E-state index in [0.29, 0.717) is 24.0 Å². The Morgan fingerprint density at radius 3 is 2.11 bits per heavy atom. The van der Waals surface area contributed by atoms with Crippen LogP contribution in [0.1, 0.15) is 93.9 Å². The standard InChI is InChI=1S/C58H73N13O9/c1-3-4-19-44(65-34(2)72)51(75)69-48-30-49(73)62-25-12-11-21-43(50(59)74)66-54(78)47(29-40-33-64-42-20-10-9-18-41(40)42)68-52(76)45(22-13-26-63-57(60)61)67-53(77)46(28-35-23-24-36-14-5-6-15-37(36)27-35)70-56(80)58(71-55(48)79)31-38-16-7-8-17-39(38)32-58/h5-10,14-18,20,23-24,27,33,43-48,64H,3-4,11-13,19,21-22,25-26,28-32H2,1-2H3,(H2,59,74)(H,62,73)(H,65,72)(H,66,78)(H,67,77)(H,68,76)(H,69,75)(H,70,80)(H,71,79)(H4,60,61,63)/t43-,44+,45+,46-,47-,48+/m0/s1. The van der Waals surface area contributed by atoms with Crippen molar-refractivity contribution < 1.29 is 43.2 Å². The Balaban J connectivity index is 1.30. The molecule has 1 aromatic heterocycles. The number of amides is 9. The van der Waals surface area contributed by atoms with Crippen molar-refractivity contribution in [1.82, 2.24) is 47.5 Å². The van der Waals surface area contributed by atoms with Crippen molar-refractivity contribution in [3.8, 4) is 0 Å². The zero-order valence-electron chi connectivity index (χ0n) is 45.2. The number of aromatic amines is 1. The molecule has 22 heteroatoms. The first-order valence-electron chi connectivity index (χ1n) is 27.2. The molecule has 2 heterocycles. The molecule has 15 N–H and O–H groups in total. The second-order valence-electron chi connectivity index (χ2n) is 20.7. The van der Waals surface area contributed by atoms with Crippen molar-refractivity contribution in [2.45, 2.75) is 139 Å². The zero-order chi connectivity index (χ0) is 57.3. The normalized spacial score (nSPS) is 20.9. The molecule has 22 nitrogen and oxygen atoms in total. The van der Waals surface area contributed by atoms with E-state index in [4.69, 9.17) is 17.2 Å². The number of benzene rings is 4. The van der Waals surface area contributed by atoms with Crippen molar-refractivity contribution in [2.75, 3.05) is 13.1 Å². The molecular weight excluding hydrogens is 1020 g/mol. The molecule has 80 heavy (non-hydrogen) atoms. The minimum absolute atomic E-state index is 0.0433. The number of nitrogens with one attached hydrogen (secondary N) is 9. The van der Waals surface area contributed by atoms with E-state index in [-0.39, 0.29) is 83.3 Å². The topological polar surface area (TPSA) is 356 Å². The first-order chi connectivity index (χ1) is 38.4. The summed E-state index contributed by atoms with van der Waals surface area (Å²) in [6, 6.07) is 19.8. The Morgan fingerprint density at radius 2 is 1.40 bits per heavy atom. The zero-order valence-corrected chi connectivity index (χ0v) is 45.2. The van der Waals surface area contributed by atoms with Crippen molar-refractivity contribution >= 4 is 80.8 Å². The van der Waals surface area contributed by atoms with Gasteiger partial charge in [0.1, 0.15) is 41.8 Å². The molecule has 0 bridgehead atoms. The number of guanidine groups is 1. The molecular formula is C58H73N13O9. The van der Waals surface area contributed by atoms with Gasteiger partial charge < -0.3 is 64.7 Å². The smallest absolute Gasteiger partial charge is 0.247 e. The van der Waals surface area contributed by atoms with Gasteiger partial charge in [-0.3, -0.25) is 48.1 Å². The lowest BCUT2D eigenvalue weighted by Gasteiger charge is -2.33. The molecule has 1 aliphatic carbocycles. The first kappa shape index (κ1) is 58.9. The summed E-state index contributed by atoms with van der Waals surface area (Å²) < 4.78 is 0. The Labute approximate surface area is 463 Å². The lowest BCUT2D eigenvalue weighted by molar-refractivity contribution is -0.139. The monoisotopic (exact) mass is 1100 g/mol. The molecule has 2 aliphatic rings. The third-order valence-corrected chi connectivity index (χ3v) is 14.6. The number of carbonyl (C=O) groups is 9. The lowest BCUT2D eigenvalue weighted by atomic mass is 9.92. The number of hydrogen-bond donors (Lipinski definition) is 12. The van der Waals surface area contributed by atoms with E-state index in [1.54, 1.807) is 18.3 Å². The van der Waals surface area contributed by atoms with Gasteiger partial charge in [0, 0.05) is 62.8 Å². The first-order valence-corrected chi connectivity index (χ1v) is 27.2. The minimum Gasteiger partial charge on any atom is -0.370 e. The maximum absolute atomic E-state index is 15.4. The van der Waals surface area contributed by atoms with Gasteiger partial charge >= 0.3 is 0 Å². The average Bonchev–Trinajstić information content (AvgIpc) is 4.02. The highest BCUT2D eigenvalue weighted by Crippen LogP contribution is 2.31. The molecule has 0 saturated carbocycles. The summed E-state index contributed by atoms with van der Waals surface area (Å²) in [7, 11) is 0. The second kappa shape index (κ2) is 27.7. The number of primary amides is 1. The summed E-state index contributed by atoms with van der Waals surface area (Å²) in [5.74, 6) is -6.86. The molecule has 1 saturated heterocycles. The Kier molecular flexibility index (Phi) is 20.4. The number of aromatic nitrogens is 1. The number of aliphatic imine (C=N–C) groups is 1. The Bertz CT molecular complexity index is 3090. The number of nitrogens with two attached hydrogens (primary N) is 3. The molecule has 7 rings (SSSR count). The van der Waals surface area contributed by atoms with Crippen LogP contribution < -0.4 is 59.7 Å². The largest absolute Gasteiger partial charge is 0.370 e. The fourth-order valence-electron chi connectivity index (χ4n) is 10.3. The van der Waals surface area contributed by atoms with Crippen LogP contribution >= 0.6 is 0 Å². The van der Waals surface area contributed by atoms with Gasteiger partial charge in [0.25, 0.3) is 0 Å². The highest BCUT2D eigenvalue weighted by molar-refractivity contribution is 6.01. The van der Waals surface area contributed by atoms with Crippen LogP contribution in [-0.2, 0) is 68.8 Å². The molecule has 9 amide bonds. The van der Waals surface area contributed by atoms with Crippen molar-refractivity contribution in [3.05, 3.63) is 119 Å². The summed E-state index contributed by atoms with van der Waals surface area (Å²) >= 11 is 0. The number of nitrogens with zero attached hydrogens (tertiary/aromatic N) is 1. The van der Waals surface area contributed by atoms with E-state index in [1.807, 2.05) is 85.8 Å². The SMILES string of the molecule is CCCC[C@@H](NC(C)=O)C(=O)N[C@@H]1CC(=O)NCCCC[C@@H](C(N)=O)NC(=O)[C@H](Cc2c[nH]c3ccccc23)NC(=O)[C@@H](CCCN=C(N)N)NC(=O)[C@H](Cc2ccc3ccccc3c2)NC(=O)C2(Cc3ccccc3C2)NC1=O. The molecule has 1 fully saturated rings. The van der Waals surface area contributed by atoms with Crippen molar-refractivity contribution in [3.63, 3.8) is 0 Å². The average molecular weight is 1100 g/mol. The molecule has 4 aromatic carbocycles. The predicted molar refractivity (Wildman–Crippen MR) is 302 cm³/mol. The van der Waals surface area contributed by atoms with E-state index in [2.05, 4.69) is 52.5 Å². The van der Waals surface area contributed by atoms with E-state index < -0.39 is 101 Å². The molecule has 424 valence electrons. The van der Waals surface area contributed by atoms with E-state index in [9.17, 15) is 33.6 Å². The molecule has 0 unspecified atom stereocenters. The Morgan fingerprint density at radius 1 is 0.738 bits per heavy atom. The van der Waals surface area contributed by atoms with Crippen LogP contribution in [0.4, 0.5) is 0 Å². The van der Waals surface area contributed by atoms with Gasteiger partial charge in [-0.1, -0.05) is 105 Å². The van der Waals surface area contributed by atoms with E-state index in [0.717, 1.165) is 32.8 Å². The maximum atomic E-state index is 15.4. The number of carbonyl (C=O) groups excluding carboxylic acids is 9. The highest BCUT2D eigenvalue weighted by Gasteiger charge is 2.48. The number of hydrogen-bond acceptors (Lipinski definition) is 10. The van der Waals surface area contributed by atoms with Gasteiger partial charge in [0.2, 0.25) is 53.2 Å². The summed E-state index contributed by atoms with van der Waals surface area (Å²) in [5, 5.41) is 24.9. The third-order valence-electron chi connectivity index (χ3n) is 14.6. The van der Waals surface area contributed by atoms with Crippen molar-refractivity contribution in [2.24, 2.45) is 22.2 Å². The third kappa shape index (κ3) is 15.9. The number of rotatable bonds is 15. The summed E-state index contributed by atoms with van der Waals surface area (Å²) in [6.45, 7) is 3.30. The molecule has 5 aromatic rings. The van der Waals surface area contributed by atoms with Gasteiger partial charge in [-0.25, -0.2) is 0 Å². The van der Waals surface area contributed by atoms with Crippen LogP contribution in [0.25, 0.3) is 21.7 Å². The van der Waals surface area contributed by atoms with E-state index in [1.165, 1.54) is 6.92 Å². The summed E-state index contributed by atoms with van der Waals surface area (Å²) in [6.07, 6.45) is 3.08. The number of unbranched alkanes of at least 4 members (excludes halogenated alkanes) is 1. The van der Waals surface area contributed by atoms with Gasteiger partial charge in [-0.2, -0.15) is 0 Å². The minimum atomic E-state index is -1.80. The molecule has 1 aliphatic heterocycles. The number of para-hydroxylation sites is 1. The highest BCUT2D eigenvalue weighted by atomic mass is 16.2. The van der Waals surface area contributed by atoms with Crippen LogP contribution in [0.5, 0.6) is 0 Å². The number of H-pyrrole nitrogens is 1. The van der Waals surface area contributed by atoms with Crippen LogP contribution in [-0.4, -0.2) is 119 Å². The summed E-state index contributed by atoms with van der Waals surface area (Å²) in [5.41, 5.74) is 18.9. The molecule has 0 radical (unpaired) electrons. The molecule has 6 atom stereocenters. The van der Waals surface area contributed by atoms with Gasteiger partial charge in [-0.05, 0) is 77.6 Å². The van der Waals surface area contributed by atoms with Crippen LogP contribution in [0.3, 0.4) is 0 Å².